The molecule has 0 unspecified atom stereocenters. The number of urea groups is 1. The minimum Gasteiger partial charge on any atom is -0.350 e. The Hall–Kier alpha value is -2.87. The topological polar surface area (TPSA) is 77.2 Å². The van der Waals surface area contributed by atoms with Crippen LogP contribution in [-0.4, -0.2) is 41.0 Å². The maximum Gasteiger partial charge on any atom is 0.319 e. The van der Waals surface area contributed by atoms with E-state index in [1.807, 2.05) is 30.3 Å². The van der Waals surface area contributed by atoms with Crippen molar-refractivity contribution in [1.29, 1.82) is 0 Å². The van der Waals surface area contributed by atoms with Crippen molar-refractivity contribution in [2.75, 3.05) is 18.4 Å². The molecule has 1 aliphatic heterocycles. The lowest BCUT2D eigenvalue weighted by molar-refractivity contribution is 0.0704. The van der Waals surface area contributed by atoms with Crippen LogP contribution in [0.3, 0.4) is 0 Å². The molecule has 3 aromatic rings. The smallest absolute Gasteiger partial charge is 0.319 e. The van der Waals surface area contributed by atoms with Crippen molar-refractivity contribution in [1.82, 2.24) is 15.2 Å². The number of piperidine rings is 1. The van der Waals surface area contributed by atoms with E-state index in [9.17, 15) is 14.0 Å². The Morgan fingerprint density at radius 2 is 1.83 bits per heavy atom. The van der Waals surface area contributed by atoms with Crippen LogP contribution in [0, 0.1) is 5.82 Å². The summed E-state index contributed by atoms with van der Waals surface area (Å²) in [4.78, 5) is 29.7. The van der Waals surface area contributed by atoms with Crippen molar-refractivity contribution in [3.05, 3.63) is 64.5 Å². The zero-order chi connectivity index (χ0) is 20.4. The largest absolute Gasteiger partial charge is 0.350 e. The molecule has 3 amide bonds. The van der Waals surface area contributed by atoms with E-state index in [0.29, 0.717) is 47.0 Å². The van der Waals surface area contributed by atoms with Gasteiger partial charge < -0.3 is 20.5 Å². The van der Waals surface area contributed by atoms with Gasteiger partial charge in [-0.1, -0.05) is 18.2 Å². The fourth-order valence-electron chi connectivity index (χ4n) is 3.53. The predicted molar refractivity (Wildman–Crippen MR) is 113 cm³/mol. The molecule has 6 nitrogen and oxygen atoms in total. The fraction of sp³-hybridized carbons (Fsp3) is 0.238. The van der Waals surface area contributed by atoms with E-state index in [0.717, 1.165) is 5.69 Å². The summed E-state index contributed by atoms with van der Waals surface area (Å²) < 4.78 is 14.6. The van der Waals surface area contributed by atoms with Gasteiger partial charge in [-0.2, -0.15) is 0 Å². The number of hydrogen-bond acceptors (Lipinski definition) is 2. The highest BCUT2D eigenvalue weighted by atomic mass is 79.9. The lowest BCUT2D eigenvalue weighted by Gasteiger charge is -2.32. The van der Waals surface area contributed by atoms with Gasteiger partial charge in [0.25, 0.3) is 5.91 Å². The van der Waals surface area contributed by atoms with Gasteiger partial charge in [0.05, 0.1) is 4.47 Å². The monoisotopic (exact) mass is 458 g/mol. The zero-order valence-electron chi connectivity index (χ0n) is 15.5. The second-order valence-electron chi connectivity index (χ2n) is 7.04. The van der Waals surface area contributed by atoms with Crippen LogP contribution in [0.1, 0.15) is 23.3 Å². The third-order valence-electron chi connectivity index (χ3n) is 5.07. The summed E-state index contributed by atoms with van der Waals surface area (Å²) in [6.45, 7) is 1.05. The number of rotatable bonds is 3. The molecule has 4 rings (SSSR count). The number of anilines is 1. The van der Waals surface area contributed by atoms with E-state index in [1.54, 1.807) is 23.1 Å². The van der Waals surface area contributed by atoms with Crippen LogP contribution in [0.5, 0.6) is 0 Å². The Morgan fingerprint density at radius 3 is 2.55 bits per heavy atom. The highest BCUT2D eigenvalue weighted by Gasteiger charge is 2.26. The number of benzene rings is 2. The van der Waals surface area contributed by atoms with Gasteiger partial charge in [0, 0.05) is 35.7 Å². The predicted octanol–water partition coefficient (Wildman–Crippen LogP) is 4.50. The van der Waals surface area contributed by atoms with Crippen LogP contribution in [0.4, 0.5) is 14.9 Å². The highest BCUT2D eigenvalue weighted by molar-refractivity contribution is 9.10. The van der Waals surface area contributed by atoms with Crippen LogP contribution < -0.4 is 10.6 Å². The molecule has 0 aliphatic carbocycles. The number of fused-ring (bicyclic) bond motifs is 1. The summed E-state index contributed by atoms with van der Waals surface area (Å²) in [5, 5.41) is 6.14. The summed E-state index contributed by atoms with van der Waals surface area (Å²) in [5.41, 5.74) is 1.68. The summed E-state index contributed by atoms with van der Waals surface area (Å²) in [6, 6.07) is 13.9. The molecule has 29 heavy (non-hydrogen) atoms. The number of halogens is 2. The number of likely N-dealkylation sites (tertiary alicyclic amines) is 1. The Morgan fingerprint density at radius 1 is 1.10 bits per heavy atom. The molecule has 2 heterocycles. The maximum atomic E-state index is 14.2. The second kappa shape index (κ2) is 8.24. The van der Waals surface area contributed by atoms with Crippen molar-refractivity contribution in [2.45, 2.75) is 18.9 Å². The normalized spacial score (nSPS) is 14.8. The van der Waals surface area contributed by atoms with E-state index in [2.05, 4.69) is 31.5 Å². The van der Waals surface area contributed by atoms with E-state index < -0.39 is 0 Å². The molecule has 150 valence electrons. The number of carbonyl (C=O) groups is 2. The molecule has 1 fully saturated rings. The van der Waals surface area contributed by atoms with Crippen molar-refractivity contribution in [3.8, 4) is 0 Å². The van der Waals surface area contributed by atoms with Gasteiger partial charge in [-0.25, -0.2) is 9.18 Å². The van der Waals surface area contributed by atoms with Crippen molar-refractivity contribution in [2.24, 2.45) is 0 Å². The minimum atomic E-state index is -0.384. The molecule has 0 bridgehead atoms. The number of nitrogens with zero attached hydrogens (tertiary/aromatic N) is 1. The highest BCUT2D eigenvalue weighted by Crippen LogP contribution is 2.26. The SMILES string of the molecule is O=C(Nc1ccccc1)NC1CCN(C(=O)c2cc3c(F)c(Br)ccc3[nH]2)CC1. The molecule has 8 heteroatoms. The molecule has 2 aromatic carbocycles. The first-order chi connectivity index (χ1) is 14.0. The standard InChI is InChI=1S/C21H20BrFN4O2/c22-16-6-7-17-15(19(16)23)12-18(26-17)20(28)27-10-8-14(9-11-27)25-21(29)24-13-4-2-1-3-5-13/h1-7,12,14,26H,8-11H2,(H2,24,25,29). The third kappa shape index (κ3) is 4.27. The first kappa shape index (κ1) is 19.4. The molecule has 0 radical (unpaired) electrons. The lowest BCUT2D eigenvalue weighted by atomic mass is 10.0. The fourth-order valence-corrected chi connectivity index (χ4v) is 3.87. The number of carbonyl (C=O) groups excluding carboxylic acids is 2. The number of aromatic nitrogens is 1. The van der Waals surface area contributed by atoms with Crippen LogP contribution in [0.15, 0.2) is 53.0 Å². The van der Waals surface area contributed by atoms with Gasteiger partial charge in [0.2, 0.25) is 0 Å². The molecular formula is C21H20BrFN4O2. The molecule has 1 saturated heterocycles. The number of hydrogen-bond donors (Lipinski definition) is 3. The van der Waals surface area contributed by atoms with E-state index in [-0.39, 0.29) is 23.8 Å². The van der Waals surface area contributed by atoms with Gasteiger partial charge in [0.15, 0.2) is 0 Å². The molecular weight excluding hydrogens is 439 g/mol. The first-order valence-electron chi connectivity index (χ1n) is 9.40. The summed E-state index contributed by atoms with van der Waals surface area (Å²) in [5.74, 6) is -0.547. The van der Waals surface area contributed by atoms with Crippen LogP contribution >= 0.6 is 15.9 Å². The Labute approximate surface area is 175 Å². The molecule has 0 saturated carbocycles. The number of aromatic amines is 1. The van der Waals surface area contributed by atoms with Crippen LogP contribution in [0.2, 0.25) is 0 Å². The average Bonchev–Trinajstić information content (AvgIpc) is 3.17. The Balaban J connectivity index is 1.34. The zero-order valence-corrected chi connectivity index (χ0v) is 17.1. The summed E-state index contributed by atoms with van der Waals surface area (Å²) in [6.07, 6.45) is 1.32. The number of amides is 3. The number of H-pyrrole nitrogens is 1. The second-order valence-corrected chi connectivity index (χ2v) is 7.89. The van der Waals surface area contributed by atoms with Gasteiger partial charge in [0.1, 0.15) is 11.5 Å². The van der Waals surface area contributed by atoms with Gasteiger partial charge in [-0.3, -0.25) is 4.79 Å². The van der Waals surface area contributed by atoms with Crippen LogP contribution in [0.25, 0.3) is 10.9 Å². The van der Waals surface area contributed by atoms with E-state index >= 15 is 0 Å². The minimum absolute atomic E-state index is 0.00104. The van der Waals surface area contributed by atoms with Gasteiger partial charge >= 0.3 is 6.03 Å². The van der Waals surface area contributed by atoms with Crippen molar-refractivity contribution >= 4 is 44.5 Å². The van der Waals surface area contributed by atoms with E-state index in [4.69, 9.17) is 0 Å². The molecule has 0 atom stereocenters. The Bertz CT molecular complexity index is 1050. The molecule has 3 N–H and O–H groups in total. The molecule has 1 aromatic heterocycles. The van der Waals surface area contributed by atoms with Crippen LogP contribution in [-0.2, 0) is 0 Å². The molecule has 0 spiro atoms. The van der Waals surface area contributed by atoms with Crippen molar-refractivity contribution < 1.29 is 14.0 Å². The Kier molecular flexibility index (Phi) is 5.53. The first-order valence-corrected chi connectivity index (χ1v) is 10.2. The van der Waals surface area contributed by atoms with Crippen molar-refractivity contribution in [3.63, 3.8) is 0 Å². The average molecular weight is 459 g/mol. The lowest BCUT2D eigenvalue weighted by Crippen LogP contribution is -2.47. The van der Waals surface area contributed by atoms with E-state index in [1.165, 1.54) is 0 Å². The molecule has 1 aliphatic rings. The number of para-hydroxylation sites is 1. The maximum absolute atomic E-state index is 14.2. The summed E-state index contributed by atoms with van der Waals surface area (Å²) in [7, 11) is 0. The number of nitrogens with one attached hydrogen (secondary N) is 3. The summed E-state index contributed by atoms with van der Waals surface area (Å²) >= 11 is 3.16. The van der Waals surface area contributed by atoms with Gasteiger partial charge in [-0.05, 0) is 59.1 Å². The van der Waals surface area contributed by atoms with Gasteiger partial charge in [-0.15, -0.1) is 0 Å². The quantitative estimate of drug-likeness (QED) is 0.540. The third-order valence-corrected chi connectivity index (χ3v) is 5.68.